The number of ketones is 1. The zero-order chi connectivity index (χ0) is 18.9. The number of fused-ring (bicyclic) bond motifs is 5. The van der Waals surface area contributed by atoms with Crippen molar-refractivity contribution in [2.75, 3.05) is 6.61 Å². The van der Waals surface area contributed by atoms with Crippen molar-refractivity contribution in [3.05, 3.63) is 0 Å². The molecule has 0 unspecified atom stereocenters. The van der Waals surface area contributed by atoms with E-state index in [2.05, 4.69) is 6.92 Å². The van der Waals surface area contributed by atoms with Crippen LogP contribution in [-0.2, 0) is 4.79 Å². The number of Topliss-reactive ketones (excluding diaryl/α,β-unsaturated/α-hetero) is 1. The molecule has 0 saturated heterocycles. The van der Waals surface area contributed by atoms with Crippen LogP contribution >= 0.6 is 0 Å². The number of hydrogen-bond acceptors (Lipinski definition) is 3. The fraction of sp³-hybridized carbons (Fsp3) is 0.952. The Morgan fingerprint density at radius 2 is 1.65 bits per heavy atom. The maximum Gasteiger partial charge on any atom is 0.251 e. The highest BCUT2D eigenvalue weighted by molar-refractivity contribution is 5.83. The molecule has 26 heavy (non-hydrogen) atoms. The maximum absolute atomic E-state index is 15.1. The summed E-state index contributed by atoms with van der Waals surface area (Å²) >= 11 is 0. The smallest absolute Gasteiger partial charge is 0.251 e. The second-order valence-corrected chi connectivity index (χ2v) is 10.2. The Labute approximate surface area is 154 Å². The van der Waals surface area contributed by atoms with E-state index in [-0.39, 0.29) is 47.7 Å². The van der Waals surface area contributed by atoms with Crippen molar-refractivity contribution in [3.63, 3.8) is 0 Å². The lowest BCUT2D eigenvalue weighted by molar-refractivity contribution is -0.210. The molecule has 3 nitrogen and oxygen atoms in total. The van der Waals surface area contributed by atoms with Gasteiger partial charge < -0.3 is 10.2 Å². The molecule has 5 heteroatoms. The molecule has 0 heterocycles. The fourth-order valence-corrected chi connectivity index (χ4v) is 7.63. The molecule has 0 aliphatic heterocycles. The van der Waals surface area contributed by atoms with E-state index in [9.17, 15) is 15.0 Å². The van der Waals surface area contributed by atoms with Crippen LogP contribution in [0.25, 0.3) is 0 Å². The summed E-state index contributed by atoms with van der Waals surface area (Å²) in [5, 5.41) is 19.7. The predicted octanol–water partition coefficient (Wildman–Crippen LogP) is 3.81. The van der Waals surface area contributed by atoms with Gasteiger partial charge in [-0.15, -0.1) is 0 Å². The van der Waals surface area contributed by atoms with E-state index in [1.54, 1.807) is 6.92 Å². The third kappa shape index (κ3) is 2.68. The van der Waals surface area contributed by atoms with Gasteiger partial charge in [0.05, 0.1) is 5.60 Å². The quantitative estimate of drug-likeness (QED) is 0.777. The van der Waals surface area contributed by atoms with Gasteiger partial charge in [-0.2, -0.15) is 0 Å². The first-order valence-electron chi connectivity index (χ1n) is 10.3. The van der Waals surface area contributed by atoms with Gasteiger partial charge in [0, 0.05) is 18.3 Å². The van der Waals surface area contributed by atoms with Crippen molar-refractivity contribution >= 4 is 5.78 Å². The zero-order valence-electron chi connectivity index (χ0n) is 15.9. The number of aliphatic hydroxyl groups excluding tert-OH is 1. The minimum Gasteiger partial charge on any atom is -0.390 e. The van der Waals surface area contributed by atoms with E-state index >= 15 is 8.78 Å². The van der Waals surface area contributed by atoms with E-state index in [0.29, 0.717) is 18.8 Å². The standard InChI is InChI=1S/C21H32F2O3/c1-19(26)7-5-13-12-6-8-20(2)15(3-4-16(20)18(25)11-24)14(12)9-21(22,23)17(13)10-19/h12-17,24,26H,3-11H2,1-2H3/t12-,13-,14-,15+,16-,17-,19-,20+/m1/s1. The minimum atomic E-state index is -2.73. The molecule has 148 valence electrons. The van der Waals surface area contributed by atoms with Gasteiger partial charge in [-0.05, 0) is 81.0 Å². The van der Waals surface area contributed by atoms with Crippen LogP contribution in [0.4, 0.5) is 8.78 Å². The highest BCUT2D eigenvalue weighted by atomic mass is 19.3. The van der Waals surface area contributed by atoms with E-state index in [1.165, 1.54) is 0 Å². The molecule has 0 aromatic carbocycles. The number of hydrogen-bond donors (Lipinski definition) is 2. The normalized spacial score (nSPS) is 52.7. The Hall–Kier alpha value is -0.550. The van der Waals surface area contributed by atoms with Crippen LogP contribution in [0.3, 0.4) is 0 Å². The summed E-state index contributed by atoms with van der Waals surface area (Å²) in [5.41, 5.74) is -1.20. The molecule has 0 aromatic rings. The highest BCUT2D eigenvalue weighted by Crippen LogP contribution is 2.66. The van der Waals surface area contributed by atoms with Gasteiger partial charge in [0.2, 0.25) is 0 Å². The molecule has 0 radical (unpaired) electrons. The molecular weight excluding hydrogens is 338 g/mol. The summed E-state index contributed by atoms with van der Waals surface area (Å²) in [6.07, 6.45) is 4.80. The molecular formula is C21H32F2O3. The first kappa shape index (κ1) is 18.8. The third-order valence-corrected chi connectivity index (χ3v) is 8.83. The molecule has 4 rings (SSSR count). The number of alkyl halides is 2. The van der Waals surface area contributed by atoms with Gasteiger partial charge in [0.25, 0.3) is 5.92 Å². The Kier molecular flexibility index (Phi) is 4.32. The summed E-state index contributed by atoms with van der Waals surface area (Å²) in [6.45, 7) is 3.37. The van der Waals surface area contributed by atoms with Crippen molar-refractivity contribution in [2.45, 2.75) is 76.7 Å². The van der Waals surface area contributed by atoms with Crippen molar-refractivity contribution < 1.29 is 23.8 Å². The van der Waals surface area contributed by atoms with Gasteiger partial charge in [-0.25, -0.2) is 8.78 Å². The van der Waals surface area contributed by atoms with Crippen molar-refractivity contribution in [2.24, 2.45) is 40.9 Å². The zero-order valence-corrected chi connectivity index (χ0v) is 15.9. The van der Waals surface area contributed by atoms with E-state index in [1.807, 2.05) is 0 Å². The Bertz CT molecular complexity index is 590. The monoisotopic (exact) mass is 370 g/mol. The summed E-state index contributed by atoms with van der Waals surface area (Å²) in [7, 11) is 0. The third-order valence-electron chi connectivity index (χ3n) is 8.83. The largest absolute Gasteiger partial charge is 0.390 e. The molecule has 0 spiro atoms. The topological polar surface area (TPSA) is 57.5 Å². The fourth-order valence-electron chi connectivity index (χ4n) is 7.63. The molecule has 0 amide bonds. The van der Waals surface area contributed by atoms with Crippen LogP contribution in [0.1, 0.15) is 65.2 Å². The highest BCUT2D eigenvalue weighted by Gasteiger charge is 2.64. The van der Waals surface area contributed by atoms with Crippen LogP contribution in [-0.4, -0.2) is 34.1 Å². The number of rotatable bonds is 2. The molecule has 4 fully saturated rings. The Morgan fingerprint density at radius 3 is 2.35 bits per heavy atom. The number of aliphatic hydroxyl groups is 2. The Balaban J connectivity index is 1.63. The van der Waals surface area contributed by atoms with Crippen LogP contribution in [0.5, 0.6) is 0 Å². The second-order valence-electron chi connectivity index (χ2n) is 10.2. The lowest BCUT2D eigenvalue weighted by atomic mass is 9.48. The summed E-state index contributed by atoms with van der Waals surface area (Å²) in [4.78, 5) is 12.2. The number of carbonyl (C=O) groups excluding carboxylic acids is 1. The average molecular weight is 370 g/mol. The Morgan fingerprint density at radius 1 is 0.962 bits per heavy atom. The van der Waals surface area contributed by atoms with E-state index in [4.69, 9.17) is 0 Å². The molecule has 2 N–H and O–H groups in total. The minimum absolute atomic E-state index is 0.00104. The van der Waals surface area contributed by atoms with Gasteiger partial charge in [-0.3, -0.25) is 4.79 Å². The summed E-state index contributed by atoms with van der Waals surface area (Å²) in [6, 6.07) is 0. The lowest BCUT2D eigenvalue weighted by Gasteiger charge is -2.58. The molecule has 4 aliphatic carbocycles. The maximum atomic E-state index is 15.1. The van der Waals surface area contributed by atoms with Crippen LogP contribution < -0.4 is 0 Å². The van der Waals surface area contributed by atoms with Crippen LogP contribution in [0.15, 0.2) is 0 Å². The van der Waals surface area contributed by atoms with Crippen LogP contribution in [0.2, 0.25) is 0 Å². The lowest BCUT2D eigenvalue weighted by Crippen LogP contribution is -2.57. The van der Waals surface area contributed by atoms with Crippen LogP contribution in [0, 0.1) is 40.9 Å². The van der Waals surface area contributed by atoms with Gasteiger partial charge in [-0.1, -0.05) is 6.92 Å². The molecule has 8 atom stereocenters. The summed E-state index contributed by atoms with van der Waals surface area (Å²) in [5.74, 6) is -3.26. The van der Waals surface area contributed by atoms with Crippen molar-refractivity contribution in [1.29, 1.82) is 0 Å². The number of carbonyl (C=O) groups is 1. The SMILES string of the molecule is C[C@@]1(O)CC[C@@H]2[C@H]3CC[C@]4(C)[C@@H](C(=O)CO)CC[C@H]4[C@@H]3CC(F)(F)[C@@H]2C1. The van der Waals surface area contributed by atoms with E-state index < -0.39 is 24.0 Å². The molecule has 4 aliphatic rings. The number of halogens is 2. The van der Waals surface area contributed by atoms with Crippen molar-refractivity contribution in [3.8, 4) is 0 Å². The summed E-state index contributed by atoms with van der Waals surface area (Å²) < 4.78 is 30.3. The molecule has 0 bridgehead atoms. The second kappa shape index (κ2) is 5.97. The van der Waals surface area contributed by atoms with Gasteiger partial charge in [0.15, 0.2) is 5.78 Å². The first-order valence-corrected chi connectivity index (χ1v) is 10.3. The van der Waals surface area contributed by atoms with Crippen molar-refractivity contribution in [1.82, 2.24) is 0 Å². The van der Waals surface area contributed by atoms with Gasteiger partial charge in [0.1, 0.15) is 6.61 Å². The van der Waals surface area contributed by atoms with Gasteiger partial charge >= 0.3 is 0 Å². The average Bonchev–Trinajstić information content (AvgIpc) is 2.91. The molecule has 4 saturated carbocycles. The molecule has 0 aromatic heterocycles. The van der Waals surface area contributed by atoms with E-state index in [0.717, 1.165) is 25.7 Å². The first-order chi connectivity index (χ1) is 12.1. The predicted molar refractivity (Wildman–Crippen MR) is 93.6 cm³/mol.